The van der Waals surface area contributed by atoms with Crippen molar-refractivity contribution in [2.24, 2.45) is 0 Å². The summed E-state index contributed by atoms with van der Waals surface area (Å²) >= 11 is 6.06. The third-order valence-corrected chi connectivity index (χ3v) is 6.72. The first kappa shape index (κ1) is 18.9. The van der Waals surface area contributed by atoms with Crippen LogP contribution >= 0.6 is 11.6 Å². The highest BCUT2D eigenvalue weighted by molar-refractivity contribution is 6.30. The lowest BCUT2D eigenvalue weighted by Crippen LogP contribution is -2.51. The quantitative estimate of drug-likeness (QED) is 0.621. The summed E-state index contributed by atoms with van der Waals surface area (Å²) in [5.41, 5.74) is 4.08. The number of hydrogen-bond donors (Lipinski definition) is 0. The lowest BCUT2D eigenvalue weighted by Gasteiger charge is -2.41. The fraction of sp³-hybridized carbons (Fsp3) is 0.478. The summed E-state index contributed by atoms with van der Waals surface area (Å²) < 4.78 is 2.01. The van der Waals surface area contributed by atoms with E-state index in [0.717, 1.165) is 65.5 Å². The van der Waals surface area contributed by atoms with Gasteiger partial charge in [-0.05, 0) is 37.5 Å². The first-order valence-corrected chi connectivity index (χ1v) is 11.2. The number of anilines is 1. The zero-order valence-corrected chi connectivity index (χ0v) is 17.8. The number of halogens is 1. The first-order valence-electron chi connectivity index (χ1n) is 10.8. The fourth-order valence-electron chi connectivity index (χ4n) is 4.89. The lowest BCUT2D eigenvalue weighted by atomic mass is 9.94. The molecule has 3 heterocycles. The summed E-state index contributed by atoms with van der Waals surface area (Å²) in [7, 11) is 0. The van der Waals surface area contributed by atoms with Crippen LogP contribution in [0.5, 0.6) is 0 Å². The number of hydrogen-bond acceptors (Lipinski definition) is 4. The fourth-order valence-corrected chi connectivity index (χ4v) is 5.01. The molecule has 5 rings (SSSR count). The van der Waals surface area contributed by atoms with Crippen molar-refractivity contribution in [3.05, 3.63) is 47.2 Å². The minimum absolute atomic E-state index is 0.742. The molecule has 0 radical (unpaired) electrons. The van der Waals surface area contributed by atoms with E-state index in [1.807, 2.05) is 35.0 Å². The van der Waals surface area contributed by atoms with Gasteiger partial charge >= 0.3 is 0 Å². The maximum Gasteiger partial charge on any atom is 0.165 e. The van der Waals surface area contributed by atoms with Gasteiger partial charge in [0.25, 0.3) is 0 Å². The second-order valence-corrected chi connectivity index (χ2v) is 8.81. The van der Waals surface area contributed by atoms with Crippen LogP contribution in [0.1, 0.15) is 37.8 Å². The number of nitrogens with zero attached hydrogens (tertiary/aromatic N) is 5. The van der Waals surface area contributed by atoms with Gasteiger partial charge < -0.3 is 4.90 Å². The average molecular weight is 410 g/mol. The molecule has 152 valence electrons. The molecule has 29 heavy (non-hydrogen) atoms. The van der Waals surface area contributed by atoms with Gasteiger partial charge in [-0.15, -0.1) is 0 Å². The summed E-state index contributed by atoms with van der Waals surface area (Å²) in [5.74, 6) is 1.15. The number of fused-ring (bicyclic) bond motifs is 1. The van der Waals surface area contributed by atoms with Gasteiger partial charge in [0.05, 0.1) is 6.20 Å². The molecule has 1 saturated carbocycles. The molecule has 0 N–H and O–H groups in total. The van der Waals surface area contributed by atoms with Gasteiger partial charge in [-0.3, -0.25) is 4.90 Å². The Morgan fingerprint density at radius 1 is 0.966 bits per heavy atom. The van der Waals surface area contributed by atoms with Crippen LogP contribution in [0.3, 0.4) is 0 Å². The van der Waals surface area contributed by atoms with E-state index < -0.39 is 0 Å². The second kappa shape index (κ2) is 7.96. The van der Waals surface area contributed by atoms with Crippen LogP contribution < -0.4 is 4.90 Å². The van der Waals surface area contributed by atoms with Crippen molar-refractivity contribution in [3.8, 4) is 11.1 Å². The predicted octanol–water partition coefficient (Wildman–Crippen LogP) is 4.81. The smallest absolute Gasteiger partial charge is 0.165 e. The van der Waals surface area contributed by atoms with Crippen molar-refractivity contribution < 1.29 is 0 Å². The molecule has 0 spiro atoms. The van der Waals surface area contributed by atoms with Gasteiger partial charge in [-0.1, -0.05) is 43.0 Å². The highest BCUT2D eigenvalue weighted by atomic mass is 35.5. The molecule has 0 unspecified atom stereocenters. The van der Waals surface area contributed by atoms with E-state index in [1.165, 1.54) is 32.1 Å². The Hall–Kier alpha value is -2.11. The summed E-state index contributed by atoms with van der Waals surface area (Å²) in [6.07, 6.45) is 8.89. The molecule has 1 aliphatic heterocycles. The summed E-state index contributed by atoms with van der Waals surface area (Å²) in [4.78, 5) is 9.99. The van der Waals surface area contributed by atoms with Crippen molar-refractivity contribution in [3.63, 3.8) is 0 Å². The molecule has 2 aromatic heterocycles. The molecule has 6 heteroatoms. The molecule has 3 aromatic rings. The molecule has 1 saturated heterocycles. The Morgan fingerprint density at radius 3 is 2.41 bits per heavy atom. The Kier molecular flexibility index (Phi) is 5.18. The summed E-state index contributed by atoms with van der Waals surface area (Å²) in [5, 5.41) is 5.45. The van der Waals surface area contributed by atoms with E-state index in [1.54, 1.807) is 0 Å². The second-order valence-electron chi connectivity index (χ2n) is 8.37. The van der Waals surface area contributed by atoms with Crippen LogP contribution in [0.2, 0.25) is 5.02 Å². The van der Waals surface area contributed by atoms with Crippen LogP contribution in [0, 0.1) is 6.92 Å². The third kappa shape index (κ3) is 3.74. The number of aromatic nitrogens is 3. The standard InChI is InChI=1S/C23H28ClN5/c1-17-15-22(28-13-11-27(12-14-28)20-5-3-2-4-6-20)29-23(26-17)21(16-25-29)18-7-9-19(24)10-8-18/h7-10,15-16,20H,2-6,11-14H2,1H3. The molecule has 0 atom stereocenters. The van der Waals surface area contributed by atoms with E-state index in [2.05, 4.69) is 22.8 Å². The highest BCUT2D eigenvalue weighted by Crippen LogP contribution is 2.29. The van der Waals surface area contributed by atoms with E-state index in [0.29, 0.717) is 0 Å². The Morgan fingerprint density at radius 2 is 1.69 bits per heavy atom. The SMILES string of the molecule is Cc1cc(N2CCN(C3CCCCC3)CC2)n2ncc(-c3ccc(Cl)cc3)c2n1. The van der Waals surface area contributed by atoms with Gasteiger partial charge in [-0.2, -0.15) is 9.61 Å². The van der Waals surface area contributed by atoms with Gasteiger partial charge in [0.1, 0.15) is 5.82 Å². The maximum absolute atomic E-state index is 6.06. The van der Waals surface area contributed by atoms with Crippen LogP contribution in [0.25, 0.3) is 16.8 Å². The number of benzene rings is 1. The molecular formula is C23H28ClN5. The number of rotatable bonds is 3. The van der Waals surface area contributed by atoms with Crippen LogP contribution in [0.4, 0.5) is 5.82 Å². The zero-order chi connectivity index (χ0) is 19.8. The van der Waals surface area contributed by atoms with Crippen LogP contribution in [-0.4, -0.2) is 51.7 Å². The molecule has 5 nitrogen and oxygen atoms in total. The highest BCUT2D eigenvalue weighted by Gasteiger charge is 2.26. The van der Waals surface area contributed by atoms with Gasteiger partial charge in [0.15, 0.2) is 5.65 Å². The van der Waals surface area contributed by atoms with E-state index in [-0.39, 0.29) is 0 Å². The Labute approximate surface area is 177 Å². The minimum atomic E-state index is 0.742. The van der Waals surface area contributed by atoms with Gasteiger partial charge in [0.2, 0.25) is 0 Å². The molecule has 1 aliphatic carbocycles. The molecule has 2 aliphatic rings. The van der Waals surface area contributed by atoms with E-state index in [9.17, 15) is 0 Å². The van der Waals surface area contributed by atoms with Crippen molar-refractivity contribution >= 4 is 23.1 Å². The molecule has 1 aromatic carbocycles. The zero-order valence-electron chi connectivity index (χ0n) is 17.0. The monoisotopic (exact) mass is 409 g/mol. The number of piperazine rings is 1. The molecule has 0 bridgehead atoms. The molecule has 0 amide bonds. The topological polar surface area (TPSA) is 36.7 Å². The van der Waals surface area contributed by atoms with Crippen molar-refractivity contribution in [2.75, 3.05) is 31.1 Å². The Bertz CT molecular complexity index is 982. The average Bonchev–Trinajstić information content (AvgIpc) is 3.18. The Balaban J connectivity index is 1.41. The van der Waals surface area contributed by atoms with E-state index >= 15 is 0 Å². The van der Waals surface area contributed by atoms with Crippen LogP contribution in [0.15, 0.2) is 36.5 Å². The van der Waals surface area contributed by atoms with Gasteiger partial charge in [0, 0.05) is 54.6 Å². The minimum Gasteiger partial charge on any atom is -0.354 e. The van der Waals surface area contributed by atoms with Crippen molar-refractivity contribution in [1.29, 1.82) is 0 Å². The lowest BCUT2D eigenvalue weighted by molar-refractivity contribution is 0.147. The number of aryl methyl sites for hydroxylation is 1. The summed E-state index contributed by atoms with van der Waals surface area (Å²) in [6.45, 7) is 6.44. The van der Waals surface area contributed by atoms with E-state index in [4.69, 9.17) is 21.7 Å². The predicted molar refractivity (Wildman–Crippen MR) is 119 cm³/mol. The van der Waals surface area contributed by atoms with Crippen molar-refractivity contribution in [2.45, 2.75) is 45.1 Å². The van der Waals surface area contributed by atoms with Gasteiger partial charge in [-0.25, -0.2) is 4.98 Å². The largest absolute Gasteiger partial charge is 0.354 e. The third-order valence-electron chi connectivity index (χ3n) is 6.47. The maximum atomic E-state index is 6.06. The normalized spacial score (nSPS) is 19.2. The van der Waals surface area contributed by atoms with Crippen molar-refractivity contribution in [1.82, 2.24) is 19.5 Å². The summed E-state index contributed by atoms with van der Waals surface area (Å²) in [6, 6.07) is 10.9. The first-order chi connectivity index (χ1) is 14.2. The van der Waals surface area contributed by atoms with Crippen LogP contribution in [-0.2, 0) is 0 Å². The molecule has 2 fully saturated rings. The molecular weight excluding hydrogens is 382 g/mol.